The Bertz CT molecular complexity index is 412. The van der Waals surface area contributed by atoms with Crippen LogP contribution in [0.1, 0.15) is 31.1 Å². The normalized spacial score (nSPS) is 13.3. The lowest BCUT2D eigenvalue weighted by molar-refractivity contribution is 0.0904. The Morgan fingerprint density at radius 2 is 1.82 bits per heavy atom. The van der Waals surface area contributed by atoms with Gasteiger partial charge in [0, 0.05) is 0 Å². The van der Waals surface area contributed by atoms with E-state index in [-0.39, 0.29) is 5.38 Å². The third-order valence-corrected chi connectivity index (χ3v) is 3.17. The second-order valence-electron chi connectivity index (χ2n) is 4.39. The summed E-state index contributed by atoms with van der Waals surface area (Å²) in [5.74, 6) is -2.58. The summed E-state index contributed by atoms with van der Waals surface area (Å²) >= 11 is 5.88. The van der Waals surface area contributed by atoms with Crippen LogP contribution in [0.15, 0.2) is 18.2 Å². The monoisotopic (exact) mass is 261 g/mol. The number of hydrogen-bond donors (Lipinski definition) is 1. The van der Waals surface area contributed by atoms with E-state index in [0.717, 1.165) is 12.1 Å². The number of nitrogens with one attached hydrogen (secondary N) is 1. The standard InChI is InChI=1S/C12H14ClF2NO/c1-7(13)12(2,3)16-11(17)10-8(14)5-4-6-9(10)15/h4-7H,1-3H3,(H,16,17). The molecule has 0 aliphatic heterocycles. The lowest BCUT2D eigenvalue weighted by Gasteiger charge is -2.29. The molecule has 17 heavy (non-hydrogen) atoms. The largest absolute Gasteiger partial charge is 0.346 e. The Hall–Kier alpha value is -1.16. The van der Waals surface area contributed by atoms with Gasteiger partial charge in [0.2, 0.25) is 0 Å². The first kappa shape index (κ1) is 13.9. The summed E-state index contributed by atoms with van der Waals surface area (Å²) in [7, 11) is 0. The van der Waals surface area contributed by atoms with E-state index in [1.54, 1.807) is 20.8 Å². The maximum Gasteiger partial charge on any atom is 0.257 e. The SMILES string of the molecule is CC(Cl)C(C)(C)NC(=O)c1c(F)cccc1F. The highest BCUT2D eigenvalue weighted by Crippen LogP contribution is 2.18. The lowest BCUT2D eigenvalue weighted by Crippen LogP contribution is -2.49. The molecule has 1 aromatic carbocycles. The second kappa shape index (κ2) is 5.00. The highest BCUT2D eigenvalue weighted by molar-refractivity contribution is 6.21. The summed E-state index contributed by atoms with van der Waals surface area (Å²) in [5.41, 5.74) is -1.34. The van der Waals surface area contributed by atoms with Gasteiger partial charge in [-0.25, -0.2) is 8.78 Å². The van der Waals surface area contributed by atoms with Gasteiger partial charge in [-0.1, -0.05) is 6.07 Å². The number of rotatable bonds is 3. The van der Waals surface area contributed by atoms with Crippen LogP contribution in [0.3, 0.4) is 0 Å². The summed E-state index contributed by atoms with van der Waals surface area (Å²) in [6.07, 6.45) is 0. The third kappa shape index (κ3) is 3.16. The van der Waals surface area contributed by atoms with Gasteiger partial charge >= 0.3 is 0 Å². The van der Waals surface area contributed by atoms with Crippen molar-refractivity contribution in [2.75, 3.05) is 0 Å². The number of halogens is 3. The molecule has 0 aliphatic carbocycles. The van der Waals surface area contributed by atoms with Gasteiger partial charge in [0.1, 0.15) is 17.2 Å². The molecule has 1 amide bonds. The van der Waals surface area contributed by atoms with Crippen molar-refractivity contribution in [3.8, 4) is 0 Å². The van der Waals surface area contributed by atoms with Crippen molar-refractivity contribution in [2.24, 2.45) is 0 Å². The fourth-order valence-electron chi connectivity index (χ4n) is 1.17. The van der Waals surface area contributed by atoms with Gasteiger partial charge in [0.15, 0.2) is 0 Å². The van der Waals surface area contributed by atoms with Crippen molar-refractivity contribution < 1.29 is 13.6 Å². The van der Waals surface area contributed by atoms with Crippen molar-refractivity contribution in [2.45, 2.75) is 31.7 Å². The van der Waals surface area contributed by atoms with Crippen molar-refractivity contribution >= 4 is 17.5 Å². The van der Waals surface area contributed by atoms with E-state index in [1.807, 2.05) is 0 Å². The lowest BCUT2D eigenvalue weighted by atomic mass is 10.0. The van der Waals surface area contributed by atoms with Gasteiger partial charge in [-0.3, -0.25) is 4.79 Å². The van der Waals surface area contributed by atoms with Crippen molar-refractivity contribution in [1.82, 2.24) is 5.32 Å². The van der Waals surface area contributed by atoms with Gasteiger partial charge in [-0.05, 0) is 32.9 Å². The minimum absolute atomic E-state index is 0.374. The Balaban J connectivity index is 2.99. The summed E-state index contributed by atoms with van der Waals surface area (Å²) in [5, 5.41) is 2.13. The maximum absolute atomic E-state index is 13.3. The molecule has 0 aliphatic rings. The van der Waals surface area contributed by atoms with E-state index in [0.29, 0.717) is 0 Å². The molecule has 0 saturated carbocycles. The van der Waals surface area contributed by atoms with E-state index in [2.05, 4.69) is 5.32 Å². The highest BCUT2D eigenvalue weighted by Gasteiger charge is 2.28. The first-order valence-electron chi connectivity index (χ1n) is 5.16. The van der Waals surface area contributed by atoms with Crippen LogP contribution in [-0.2, 0) is 0 Å². The Labute approximate surface area is 104 Å². The molecule has 1 atom stereocenters. The van der Waals surface area contributed by atoms with Crippen LogP contribution in [0, 0.1) is 11.6 Å². The van der Waals surface area contributed by atoms with Crippen molar-refractivity contribution in [1.29, 1.82) is 0 Å². The molecule has 1 unspecified atom stereocenters. The second-order valence-corrected chi connectivity index (χ2v) is 5.04. The summed E-state index contributed by atoms with van der Waals surface area (Å²) in [6, 6.07) is 3.28. The average molecular weight is 262 g/mol. The summed E-state index contributed by atoms with van der Waals surface area (Å²) in [6.45, 7) is 5.06. The smallest absolute Gasteiger partial charge is 0.257 e. The average Bonchev–Trinajstić information content (AvgIpc) is 2.15. The molecule has 1 aromatic rings. The molecule has 0 saturated heterocycles. The zero-order valence-electron chi connectivity index (χ0n) is 9.85. The number of carbonyl (C=O) groups is 1. The zero-order valence-corrected chi connectivity index (χ0v) is 10.6. The first-order chi connectivity index (χ1) is 7.75. The molecule has 2 nitrogen and oxygen atoms in total. The quantitative estimate of drug-likeness (QED) is 0.833. The minimum atomic E-state index is -0.888. The van der Waals surface area contributed by atoms with Crippen LogP contribution < -0.4 is 5.32 Å². The van der Waals surface area contributed by atoms with E-state index in [4.69, 9.17) is 11.6 Å². The Kier molecular flexibility index (Phi) is 4.09. The van der Waals surface area contributed by atoms with E-state index < -0.39 is 28.6 Å². The topological polar surface area (TPSA) is 29.1 Å². The first-order valence-corrected chi connectivity index (χ1v) is 5.60. The molecule has 1 rings (SSSR count). The molecule has 0 bridgehead atoms. The Morgan fingerprint density at radius 1 is 1.35 bits per heavy atom. The molecule has 5 heteroatoms. The fraction of sp³-hybridized carbons (Fsp3) is 0.417. The molecular weight excluding hydrogens is 248 g/mol. The molecule has 0 fully saturated rings. The number of carbonyl (C=O) groups excluding carboxylic acids is 1. The number of benzene rings is 1. The van der Waals surface area contributed by atoms with Crippen LogP contribution in [0.5, 0.6) is 0 Å². The summed E-state index contributed by atoms with van der Waals surface area (Å²) in [4.78, 5) is 11.8. The molecular formula is C12H14ClF2NO. The maximum atomic E-state index is 13.3. The number of hydrogen-bond acceptors (Lipinski definition) is 1. The van der Waals surface area contributed by atoms with E-state index in [9.17, 15) is 13.6 Å². The molecule has 94 valence electrons. The Morgan fingerprint density at radius 3 is 2.24 bits per heavy atom. The molecule has 0 aromatic heterocycles. The van der Waals surface area contributed by atoms with Gasteiger partial charge < -0.3 is 5.32 Å². The van der Waals surface area contributed by atoms with E-state index >= 15 is 0 Å². The zero-order chi connectivity index (χ0) is 13.2. The van der Waals surface area contributed by atoms with Crippen LogP contribution >= 0.6 is 11.6 Å². The third-order valence-electron chi connectivity index (χ3n) is 2.62. The predicted octanol–water partition coefficient (Wildman–Crippen LogP) is 3.10. The molecule has 0 radical (unpaired) electrons. The fourth-order valence-corrected chi connectivity index (χ4v) is 1.22. The van der Waals surface area contributed by atoms with Crippen LogP contribution in [-0.4, -0.2) is 16.8 Å². The molecule has 1 N–H and O–H groups in total. The van der Waals surface area contributed by atoms with Crippen LogP contribution in [0.25, 0.3) is 0 Å². The predicted molar refractivity (Wildman–Crippen MR) is 63.2 cm³/mol. The van der Waals surface area contributed by atoms with Gasteiger partial charge in [-0.15, -0.1) is 11.6 Å². The molecule has 0 heterocycles. The minimum Gasteiger partial charge on any atom is -0.346 e. The van der Waals surface area contributed by atoms with Crippen molar-refractivity contribution in [3.05, 3.63) is 35.4 Å². The van der Waals surface area contributed by atoms with Crippen LogP contribution in [0.2, 0.25) is 0 Å². The van der Waals surface area contributed by atoms with E-state index in [1.165, 1.54) is 6.07 Å². The van der Waals surface area contributed by atoms with Gasteiger partial charge in [-0.2, -0.15) is 0 Å². The summed E-state index contributed by atoms with van der Waals surface area (Å²) < 4.78 is 26.7. The van der Waals surface area contributed by atoms with Gasteiger partial charge in [0.25, 0.3) is 5.91 Å². The van der Waals surface area contributed by atoms with Gasteiger partial charge in [0.05, 0.1) is 10.9 Å². The number of alkyl halides is 1. The van der Waals surface area contributed by atoms with Crippen LogP contribution in [0.4, 0.5) is 8.78 Å². The number of amides is 1. The highest BCUT2D eigenvalue weighted by atomic mass is 35.5. The molecule has 0 spiro atoms. The van der Waals surface area contributed by atoms with Crippen molar-refractivity contribution in [3.63, 3.8) is 0 Å².